The molecule has 0 radical (unpaired) electrons. The van der Waals surface area contributed by atoms with Crippen LogP contribution in [0.15, 0.2) is 22.7 Å². The van der Waals surface area contributed by atoms with Crippen LogP contribution in [0.4, 0.5) is 4.39 Å². The minimum atomic E-state index is -0.199. The van der Waals surface area contributed by atoms with E-state index in [0.717, 1.165) is 33.6 Å². The Bertz CT molecular complexity index is 951. The standard InChI is InChI=1S/C19H21BrFN3O2S/c1-23-16(8-17(25)22-14-9-26-10-14)18-11(4-5-24(18)19(23)27)6-12-7-13(20)2-3-15(12)21/h2-3,7,11,14H,4-6,8-10H2,1H3,(H,22,25). The van der Waals surface area contributed by atoms with Crippen LogP contribution in [0, 0.1) is 10.6 Å². The number of ether oxygens (including phenoxy) is 1. The molecule has 27 heavy (non-hydrogen) atoms. The van der Waals surface area contributed by atoms with Crippen LogP contribution in [0.3, 0.4) is 0 Å². The van der Waals surface area contributed by atoms with Crippen molar-refractivity contribution in [1.82, 2.24) is 14.5 Å². The van der Waals surface area contributed by atoms with Crippen molar-refractivity contribution in [3.8, 4) is 0 Å². The number of nitrogens with one attached hydrogen (secondary N) is 1. The summed E-state index contributed by atoms with van der Waals surface area (Å²) in [5.41, 5.74) is 2.68. The highest BCUT2D eigenvalue weighted by molar-refractivity contribution is 9.10. The van der Waals surface area contributed by atoms with Gasteiger partial charge in [-0.25, -0.2) is 4.39 Å². The zero-order chi connectivity index (χ0) is 19.1. The molecule has 1 amide bonds. The molecule has 5 nitrogen and oxygen atoms in total. The van der Waals surface area contributed by atoms with Gasteiger partial charge in [0.15, 0.2) is 4.77 Å². The Morgan fingerprint density at radius 3 is 2.93 bits per heavy atom. The number of hydrogen-bond acceptors (Lipinski definition) is 3. The van der Waals surface area contributed by atoms with Crippen molar-refractivity contribution >= 4 is 34.1 Å². The number of carbonyl (C=O) groups excluding carboxylic acids is 1. The topological polar surface area (TPSA) is 48.2 Å². The smallest absolute Gasteiger partial charge is 0.226 e. The Kier molecular flexibility index (Phi) is 5.22. The lowest BCUT2D eigenvalue weighted by Crippen LogP contribution is -2.49. The molecule has 1 aromatic carbocycles. The molecule has 2 aliphatic rings. The van der Waals surface area contributed by atoms with E-state index in [-0.39, 0.29) is 30.1 Å². The lowest BCUT2D eigenvalue weighted by molar-refractivity contribution is -0.124. The maximum atomic E-state index is 14.3. The summed E-state index contributed by atoms with van der Waals surface area (Å²) in [4.78, 5) is 12.5. The van der Waals surface area contributed by atoms with E-state index >= 15 is 0 Å². The van der Waals surface area contributed by atoms with Crippen LogP contribution in [0.1, 0.15) is 29.3 Å². The number of fused-ring (bicyclic) bond motifs is 1. The number of rotatable bonds is 5. The van der Waals surface area contributed by atoms with Gasteiger partial charge in [0, 0.05) is 35.4 Å². The molecule has 1 aromatic heterocycles. The molecule has 8 heteroatoms. The summed E-state index contributed by atoms with van der Waals surface area (Å²) in [5.74, 6) is -0.0800. The van der Waals surface area contributed by atoms with E-state index in [2.05, 4.69) is 25.8 Å². The van der Waals surface area contributed by atoms with Crippen molar-refractivity contribution in [3.05, 3.63) is 50.2 Å². The monoisotopic (exact) mass is 453 g/mol. The van der Waals surface area contributed by atoms with Gasteiger partial charge in [0.1, 0.15) is 5.82 Å². The second-order valence-corrected chi connectivity index (χ2v) is 8.51. The van der Waals surface area contributed by atoms with Crippen molar-refractivity contribution in [2.45, 2.75) is 37.8 Å². The highest BCUT2D eigenvalue weighted by Gasteiger charge is 2.31. The van der Waals surface area contributed by atoms with Crippen LogP contribution in [0.25, 0.3) is 0 Å². The summed E-state index contributed by atoms with van der Waals surface area (Å²) < 4.78 is 25.0. The van der Waals surface area contributed by atoms with E-state index in [0.29, 0.717) is 25.2 Å². The molecular weight excluding hydrogens is 433 g/mol. The van der Waals surface area contributed by atoms with Gasteiger partial charge in [-0.2, -0.15) is 0 Å². The van der Waals surface area contributed by atoms with E-state index in [1.54, 1.807) is 6.07 Å². The van der Waals surface area contributed by atoms with Crippen molar-refractivity contribution in [2.24, 2.45) is 7.05 Å². The van der Waals surface area contributed by atoms with Crippen LogP contribution in [0.5, 0.6) is 0 Å². The molecule has 1 fully saturated rings. The Morgan fingerprint density at radius 1 is 1.44 bits per heavy atom. The summed E-state index contributed by atoms with van der Waals surface area (Å²) in [6.45, 7) is 1.95. The number of nitrogens with zero attached hydrogens (tertiary/aromatic N) is 2. The molecule has 4 rings (SSSR count). The molecule has 2 aromatic rings. The molecule has 144 valence electrons. The lowest BCUT2D eigenvalue weighted by atomic mass is 9.93. The van der Waals surface area contributed by atoms with Gasteiger partial charge in [0.05, 0.1) is 25.7 Å². The first-order chi connectivity index (χ1) is 12.9. The van der Waals surface area contributed by atoms with Crippen molar-refractivity contribution in [1.29, 1.82) is 0 Å². The molecule has 1 N–H and O–H groups in total. The largest absolute Gasteiger partial charge is 0.377 e. The minimum absolute atomic E-state index is 0.0263. The molecular formula is C19H21BrFN3O2S. The van der Waals surface area contributed by atoms with E-state index in [4.69, 9.17) is 17.0 Å². The molecule has 1 unspecified atom stereocenters. The fourth-order valence-corrected chi connectivity index (χ4v) is 4.65. The average Bonchev–Trinajstić information content (AvgIpc) is 3.10. The zero-order valence-corrected chi connectivity index (χ0v) is 17.4. The quantitative estimate of drug-likeness (QED) is 0.706. The molecule has 0 aliphatic carbocycles. The zero-order valence-electron chi connectivity index (χ0n) is 15.0. The highest BCUT2D eigenvalue weighted by atomic mass is 79.9. The van der Waals surface area contributed by atoms with E-state index in [9.17, 15) is 9.18 Å². The average molecular weight is 454 g/mol. The van der Waals surface area contributed by atoms with Gasteiger partial charge in [-0.05, 0) is 48.8 Å². The first-order valence-corrected chi connectivity index (χ1v) is 10.2. The summed E-state index contributed by atoms with van der Waals surface area (Å²) in [6, 6.07) is 5.13. The molecule has 0 spiro atoms. The Morgan fingerprint density at radius 2 is 2.22 bits per heavy atom. The fraction of sp³-hybridized carbons (Fsp3) is 0.474. The van der Waals surface area contributed by atoms with Gasteiger partial charge in [-0.1, -0.05) is 15.9 Å². The van der Waals surface area contributed by atoms with Gasteiger partial charge in [0.2, 0.25) is 5.91 Å². The van der Waals surface area contributed by atoms with Crippen molar-refractivity contribution < 1.29 is 13.9 Å². The molecule has 0 bridgehead atoms. The maximum absolute atomic E-state index is 14.3. The minimum Gasteiger partial charge on any atom is -0.377 e. The SMILES string of the molecule is Cn1c(CC(=O)NC2COC2)c2n(c1=S)CCC2Cc1cc(Br)ccc1F. The van der Waals surface area contributed by atoms with Gasteiger partial charge in [0.25, 0.3) is 0 Å². The first-order valence-electron chi connectivity index (χ1n) is 9.03. The van der Waals surface area contributed by atoms with Gasteiger partial charge in [-0.3, -0.25) is 4.79 Å². The normalized spacial score (nSPS) is 19.0. The molecule has 0 saturated carbocycles. The van der Waals surface area contributed by atoms with Gasteiger partial charge < -0.3 is 19.2 Å². The Labute approximate surface area is 170 Å². The third kappa shape index (κ3) is 3.62. The number of aromatic nitrogens is 2. The van der Waals surface area contributed by atoms with E-state index in [1.165, 1.54) is 6.07 Å². The van der Waals surface area contributed by atoms with Crippen molar-refractivity contribution in [3.63, 3.8) is 0 Å². The summed E-state index contributed by atoms with van der Waals surface area (Å²) in [7, 11) is 1.90. The van der Waals surface area contributed by atoms with Crippen LogP contribution in [-0.2, 0) is 36.0 Å². The van der Waals surface area contributed by atoms with E-state index < -0.39 is 0 Å². The highest BCUT2D eigenvalue weighted by Crippen LogP contribution is 2.36. The summed E-state index contributed by atoms with van der Waals surface area (Å²) in [6.07, 6.45) is 1.77. The predicted molar refractivity (Wildman–Crippen MR) is 106 cm³/mol. The Balaban J connectivity index is 1.61. The van der Waals surface area contributed by atoms with Crippen LogP contribution in [-0.4, -0.2) is 34.3 Å². The lowest BCUT2D eigenvalue weighted by Gasteiger charge is -2.27. The van der Waals surface area contributed by atoms with Crippen LogP contribution < -0.4 is 5.32 Å². The van der Waals surface area contributed by atoms with Gasteiger partial charge >= 0.3 is 0 Å². The number of hydrogen-bond donors (Lipinski definition) is 1. The maximum Gasteiger partial charge on any atom is 0.226 e. The molecule has 1 saturated heterocycles. The third-order valence-electron chi connectivity index (χ3n) is 5.40. The molecule has 1 atom stereocenters. The fourth-order valence-electron chi connectivity index (χ4n) is 3.94. The molecule has 2 aliphatic heterocycles. The van der Waals surface area contributed by atoms with E-state index in [1.807, 2.05) is 17.7 Å². The number of halogens is 2. The Hall–Kier alpha value is -1.51. The second kappa shape index (κ2) is 7.48. The summed E-state index contributed by atoms with van der Waals surface area (Å²) >= 11 is 8.99. The first kappa shape index (κ1) is 18.8. The number of benzene rings is 1. The molecule has 3 heterocycles. The van der Waals surface area contributed by atoms with Gasteiger partial charge in [-0.15, -0.1) is 0 Å². The number of amides is 1. The second-order valence-electron chi connectivity index (χ2n) is 7.23. The van der Waals surface area contributed by atoms with Crippen LogP contribution >= 0.6 is 28.1 Å². The number of imidazole rings is 1. The summed E-state index contributed by atoms with van der Waals surface area (Å²) in [5, 5.41) is 2.99. The number of carbonyl (C=O) groups is 1. The van der Waals surface area contributed by atoms with Crippen LogP contribution in [0.2, 0.25) is 0 Å². The van der Waals surface area contributed by atoms with Crippen molar-refractivity contribution in [2.75, 3.05) is 13.2 Å². The predicted octanol–water partition coefficient (Wildman–Crippen LogP) is 3.25. The third-order valence-corrected chi connectivity index (χ3v) is 6.39.